The van der Waals surface area contributed by atoms with Gasteiger partial charge >= 0.3 is 0 Å². The number of aliphatic imine (C=N–C) groups is 1. The quantitative estimate of drug-likeness (QED) is 0.0264. The first kappa shape index (κ1) is 47.9. The van der Waals surface area contributed by atoms with Gasteiger partial charge in [0, 0.05) is 41.9 Å². The molecular formula is C55H72N5OP. The minimum Gasteiger partial charge on any atom is -0.464 e. The third-order valence-corrected chi connectivity index (χ3v) is 13.4. The second kappa shape index (κ2) is 21.8. The first-order valence-electron chi connectivity index (χ1n) is 22.5. The standard InChI is InChI=1S/C55H72N5OP/c1-14-24-41(35-61-51-29-23-22-28-42(51)19-6)31-45-39(11)52(59(37(9)36-62-30-18-5)50-34-55(13)33-47(50)55)49(60-40(12)44(20-7)38(10)48(60)27-17-4)32-46(45)53(56)58-54(57-21-8)43(25-15-2)26-16-3/h14-15,17-18,20,22-25,27-30,32,35,53,62H,2,7,9,16,19,21,26,31,33-34,36,56H2,1,3-6,8,10-13H3,(H,57,58)/b24-14-,27-17-,30-18-,41-35-,43-25+. The lowest BCUT2D eigenvalue weighted by Crippen LogP contribution is -2.37. The maximum atomic E-state index is 7.53. The first-order chi connectivity index (χ1) is 29.9. The number of nitrogens with two attached hydrogens (primary N) is 1. The highest BCUT2D eigenvalue weighted by molar-refractivity contribution is 7.41. The van der Waals surface area contributed by atoms with Crippen molar-refractivity contribution >= 4 is 32.3 Å². The molecule has 0 amide bonds. The van der Waals surface area contributed by atoms with E-state index in [1.54, 1.807) is 5.57 Å². The van der Waals surface area contributed by atoms with Crippen LogP contribution in [0.4, 0.5) is 5.69 Å². The summed E-state index contributed by atoms with van der Waals surface area (Å²) >= 11 is 0. The van der Waals surface area contributed by atoms with Crippen LogP contribution in [-0.4, -0.2) is 23.1 Å². The van der Waals surface area contributed by atoms with Gasteiger partial charge in [-0.1, -0.05) is 122 Å². The van der Waals surface area contributed by atoms with E-state index in [9.17, 15) is 0 Å². The van der Waals surface area contributed by atoms with Crippen LogP contribution in [0.1, 0.15) is 125 Å². The monoisotopic (exact) mass is 850 g/mol. The summed E-state index contributed by atoms with van der Waals surface area (Å²) in [7, 11) is 0.623. The average Bonchev–Trinajstić information content (AvgIpc) is 3.71. The maximum absolute atomic E-state index is 7.53. The number of hydrogen-bond donors (Lipinski definition) is 2. The van der Waals surface area contributed by atoms with Gasteiger partial charge in [-0.2, -0.15) is 0 Å². The topological polar surface area (TPSA) is 67.8 Å². The molecule has 2 aliphatic rings. The van der Waals surface area contributed by atoms with Gasteiger partial charge in [0.05, 0.1) is 17.6 Å². The number of nitrogens with zero attached hydrogens (tertiary/aromatic N) is 3. The third-order valence-electron chi connectivity index (χ3n) is 12.2. The third kappa shape index (κ3) is 10.2. The summed E-state index contributed by atoms with van der Waals surface area (Å²) in [6.45, 7) is 35.5. The first-order valence-corrected chi connectivity index (χ1v) is 23.8. The number of para-hydroxylation sites is 1. The molecule has 0 aliphatic heterocycles. The Kier molecular flexibility index (Phi) is 16.8. The van der Waals surface area contributed by atoms with Crippen molar-refractivity contribution in [3.63, 3.8) is 0 Å². The molecule has 2 aliphatic carbocycles. The van der Waals surface area contributed by atoms with Gasteiger partial charge in [0.25, 0.3) is 0 Å². The molecular weight excluding hydrogens is 778 g/mol. The summed E-state index contributed by atoms with van der Waals surface area (Å²) in [5.74, 6) is 3.93. The molecule has 0 spiro atoms. The summed E-state index contributed by atoms with van der Waals surface area (Å²) in [5, 5.41) is 3.74. The van der Waals surface area contributed by atoms with Crippen LogP contribution in [0.3, 0.4) is 0 Å². The van der Waals surface area contributed by atoms with Crippen LogP contribution in [0.25, 0.3) is 17.8 Å². The molecule has 6 nitrogen and oxygen atoms in total. The van der Waals surface area contributed by atoms with Crippen molar-refractivity contribution in [3.8, 4) is 11.4 Å². The van der Waals surface area contributed by atoms with E-state index in [1.165, 1.54) is 16.8 Å². The predicted molar refractivity (Wildman–Crippen MR) is 273 cm³/mol. The number of nitrogens with one attached hydrogen (secondary N) is 1. The summed E-state index contributed by atoms with van der Waals surface area (Å²) in [5.41, 5.74) is 25.2. The molecule has 7 heteroatoms. The minimum absolute atomic E-state index is 0.284. The highest BCUT2D eigenvalue weighted by Gasteiger charge is 2.56. The number of rotatable bonds is 22. The molecule has 3 unspecified atom stereocenters. The van der Waals surface area contributed by atoms with E-state index in [0.29, 0.717) is 21.5 Å². The number of anilines is 1. The Balaban J connectivity index is 1.90. The molecule has 0 saturated heterocycles. The zero-order valence-corrected chi connectivity index (χ0v) is 40.3. The van der Waals surface area contributed by atoms with Gasteiger partial charge in [-0.3, -0.25) is 4.99 Å². The molecule has 1 aromatic heterocycles. The van der Waals surface area contributed by atoms with Gasteiger partial charge in [-0.25, -0.2) is 0 Å². The van der Waals surface area contributed by atoms with Crippen molar-refractivity contribution in [2.24, 2.45) is 16.1 Å². The number of aryl methyl sites for hydroxylation is 1. The molecule has 3 aromatic rings. The number of benzene rings is 2. The van der Waals surface area contributed by atoms with Crippen LogP contribution < -0.4 is 20.7 Å². The van der Waals surface area contributed by atoms with E-state index in [4.69, 9.17) is 22.0 Å². The SMILES string of the molecule is C=C/C=C(CCC)/C(=N/CC)NC(N)c1cc(-n2c(C)c(C=C)c(C)c2/C=C\C)c(N(C(=C)CP/C=C\C)C2=C3CC3(C)C2)c(C)c1CC(/C=C\C)=C\Oc1ccccc1CC. The highest BCUT2D eigenvalue weighted by Crippen LogP contribution is 2.68. The molecule has 1 saturated carbocycles. The van der Waals surface area contributed by atoms with E-state index in [-0.39, 0.29) is 5.41 Å². The van der Waals surface area contributed by atoms with Crippen molar-refractivity contribution in [2.75, 3.05) is 17.6 Å². The molecule has 2 aromatic carbocycles. The number of fused-ring (bicyclic) bond motifs is 1. The number of amidine groups is 1. The van der Waals surface area contributed by atoms with Crippen LogP contribution in [0.15, 0.2) is 132 Å². The van der Waals surface area contributed by atoms with E-state index >= 15 is 0 Å². The minimum atomic E-state index is -0.605. The molecule has 328 valence electrons. The zero-order valence-electron chi connectivity index (χ0n) is 39.3. The number of aromatic nitrogens is 1. The molecule has 0 bridgehead atoms. The van der Waals surface area contributed by atoms with Crippen LogP contribution >= 0.6 is 8.58 Å². The number of ether oxygens (including phenoxy) is 1. The van der Waals surface area contributed by atoms with Crippen molar-refractivity contribution in [1.29, 1.82) is 0 Å². The van der Waals surface area contributed by atoms with Crippen molar-refractivity contribution < 1.29 is 4.74 Å². The lowest BCUT2D eigenvalue weighted by molar-refractivity contribution is 0.470. The van der Waals surface area contributed by atoms with Gasteiger partial charge in [-0.15, -0.1) is 0 Å². The molecule has 5 rings (SSSR count). The Morgan fingerprint density at radius 3 is 2.42 bits per heavy atom. The van der Waals surface area contributed by atoms with Gasteiger partial charge in [0.1, 0.15) is 17.8 Å². The van der Waals surface area contributed by atoms with Gasteiger partial charge in [-0.05, 0) is 148 Å². The molecule has 3 N–H and O–H groups in total. The molecule has 0 radical (unpaired) electrons. The van der Waals surface area contributed by atoms with Crippen LogP contribution in [-0.2, 0) is 12.8 Å². The average molecular weight is 850 g/mol. The largest absolute Gasteiger partial charge is 0.464 e. The fourth-order valence-electron chi connectivity index (χ4n) is 9.00. The normalized spacial score (nSPS) is 17.4. The Bertz CT molecular complexity index is 2380. The molecule has 3 atom stereocenters. The van der Waals surface area contributed by atoms with Gasteiger partial charge < -0.3 is 25.3 Å². The van der Waals surface area contributed by atoms with Crippen LogP contribution in [0.2, 0.25) is 0 Å². The van der Waals surface area contributed by atoms with E-state index in [2.05, 4.69) is 158 Å². The Morgan fingerprint density at radius 2 is 1.82 bits per heavy atom. The van der Waals surface area contributed by atoms with E-state index < -0.39 is 6.17 Å². The molecule has 62 heavy (non-hydrogen) atoms. The Hall–Kier alpha value is -5.16. The van der Waals surface area contributed by atoms with E-state index in [0.717, 1.165) is 112 Å². The zero-order chi connectivity index (χ0) is 45.1. The predicted octanol–water partition coefficient (Wildman–Crippen LogP) is 14.2. The number of allylic oxidation sites excluding steroid dienone is 10. The Morgan fingerprint density at radius 1 is 1.06 bits per heavy atom. The maximum Gasteiger partial charge on any atom is 0.129 e. The fraction of sp³-hybridized carbons (Fsp3) is 0.364. The summed E-state index contributed by atoms with van der Waals surface area (Å²) < 4.78 is 8.95. The Labute approximate surface area is 376 Å². The van der Waals surface area contributed by atoms with Crippen LogP contribution in [0.5, 0.6) is 5.75 Å². The van der Waals surface area contributed by atoms with Crippen LogP contribution in [0, 0.1) is 26.2 Å². The van der Waals surface area contributed by atoms with E-state index in [1.807, 2.05) is 30.5 Å². The molecule has 1 heterocycles. The second-order valence-electron chi connectivity index (χ2n) is 16.7. The lowest BCUT2D eigenvalue weighted by Gasteiger charge is -2.39. The smallest absolute Gasteiger partial charge is 0.129 e. The lowest BCUT2D eigenvalue weighted by atomic mass is 9.87. The number of hydrogen-bond acceptors (Lipinski definition) is 4. The summed E-state index contributed by atoms with van der Waals surface area (Å²) in [4.78, 5) is 7.52. The van der Waals surface area contributed by atoms with Crippen molar-refractivity contribution in [2.45, 2.75) is 114 Å². The molecule has 1 fully saturated rings. The summed E-state index contributed by atoms with van der Waals surface area (Å²) in [6.07, 6.45) is 24.2. The highest BCUT2D eigenvalue weighted by atomic mass is 31.1. The fourth-order valence-corrected chi connectivity index (χ4v) is 9.74. The van der Waals surface area contributed by atoms with Gasteiger partial charge in [0.15, 0.2) is 0 Å². The summed E-state index contributed by atoms with van der Waals surface area (Å²) in [6, 6.07) is 10.6. The van der Waals surface area contributed by atoms with Crippen molar-refractivity contribution in [1.82, 2.24) is 9.88 Å². The van der Waals surface area contributed by atoms with Gasteiger partial charge in [0.2, 0.25) is 0 Å². The second-order valence-corrected chi connectivity index (χ2v) is 17.8. The van der Waals surface area contributed by atoms with Crippen molar-refractivity contribution in [3.05, 3.63) is 171 Å².